The summed E-state index contributed by atoms with van der Waals surface area (Å²) in [5, 5.41) is 0. The van der Waals surface area contributed by atoms with Crippen LogP contribution in [0.1, 0.15) is 20.3 Å². The van der Waals surface area contributed by atoms with Crippen LogP contribution in [-0.2, 0) is 9.59 Å². The van der Waals surface area contributed by atoms with E-state index in [1.807, 2.05) is 6.92 Å². The minimum Gasteiger partial charge on any atom is -0.344 e. The number of halogens is 2. The Kier molecular flexibility index (Phi) is 4.02. The van der Waals surface area contributed by atoms with E-state index >= 15 is 0 Å². The molecule has 0 spiro atoms. The zero-order valence-corrected chi connectivity index (χ0v) is 13.6. The van der Waals surface area contributed by atoms with Gasteiger partial charge >= 0.3 is 0 Å². The Bertz CT molecular complexity index is 419. The van der Waals surface area contributed by atoms with Gasteiger partial charge in [-0.25, -0.2) is 0 Å². The number of nitrogens with zero attached hydrogens (tertiary/aromatic N) is 2. The van der Waals surface area contributed by atoms with Gasteiger partial charge < -0.3 is 9.80 Å². The van der Waals surface area contributed by atoms with Crippen LogP contribution >= 0.6 is 35.0 Å². The van der Waals surface area contributed by atoms with Crippen molar-refractivity contribution >= 4 is 46.8 Å². The van der Waals surface area contributed by atoms with Gasteiger partial charge in [0.05, 0.1) is 11.3 Å². The van der Waals surface area contributed by atoms with Crippen LogP contribution in [0.3, 0.4) is 0 Å². The summed E-state index contributed by atoms with van der Waals surface area (Å²) < 4.78 is -0.985. The predicted octanol–water partition coefficient (Wildman–Crippen LogP) is 1.95. The number of carbonyl (C=O) groups excluding carboxylic acids is 2. The van der Waals surface area contributed by atoms with Gasteiger partial charge in [-0.15, -0.1) is 35.0 Å². The molecule has 0 aromatic heterocycles. The maximum Gasteiger partial charge on any atom is 0.245 e. The van der Waals surface area contributed by atoms with Gasteiger partial charge in [0.15, 0.2) is 0 Å². The molecule has 2 rings (SSSR count). The van der Waals surface area contributed by atoms with Gasteiger partial charge in [-0.3, -0.25) is 9.59 Å². The molecule has 1 saturated heterocycles. The monoisotopic (exact) mass is 324 g/mol. The number of carbonyl (C=O) groups is 2. The second kappa shape index (κ2) is 5.01. The molecule has 0 bridgehead atoms. The van der Waals surface area contributed by atoms with Crippen molar-refractivity contribution in [3.8, 4) is 0 Å². The van der Waals surface area contributed by atoms with Crippen molar-refractivity contribution in [1.82, 2.24) is 9.80 Å². The van der Waals surface area contributed by atoms with Gasteiger partial charge in [-0.1, -0.05) is 0 Å². The Hall–Kier alpha value is -0.130. The van der Waals surface area contributed by atoms with Crippen LogP contribution in [0.4, 0.5) is 0 Å². The summed E-state index contributed by atoms with van der Waals surface area (Å²) in [6, 6.07) is -0.385. The van der Waals surface area contributed by atoms with Crippen LogP contribution in [-0.4, -0.2) is 57.2 Å². The van der Waals surface area contributed by atoms with Gasteiger partial charge in [-0.05, 0) is 20.3 Å². The third-order valence-electron chi connectivity index (χ3n) is 4.01. The summed E-state index contributed by atoms with van der Waals surface area (Å²) in [5.41, 5.74) is -0.746. The minimum absolute atomic E-state index is 0.0140. The predicted molar refractivity (Wildman–Crippen MR) is 78.4 cm³/mol. The Morgan fingerprint density at radius 1 is 1.47 bits per heavy atom. The summed E-state index contributed by atoms with van der Waals surface area (Å²) in [6.45, 7) is 4.31. The van der Waals surface area contributed by atoms with Crippen molar-refractivity contribution in [2.75, 3.05) is 25.2 Å². The van der Waals surface area contributed by atoms with E-state index in [-0.39, 0.29) is 17.9 Å². The topological polar surface area (TPSA) is 40.6 Å². The molecule has 2 atom stereocenters. The maximum atomic E-state index is 12.5. The van der Waals surface area contributed by atoms with E-state index in [1.165, 1.54) is 0 Å². The van der Waals surface area contributed by atoms with Gasteiger partial charge in [-0.2, -0.15) is 0 Å². The summed E-state index contributed by atoms with van der Waals surface area (Å²) >= 11 is 13.7. The van der Waals surface area contributed by atoms with Gasteiger partial charge in [0, 0.05) is 19.3 Å². The lowest BCUT2D eigenvalue weighted by Gasteiger charge is -2.29. The van der Waals surface area contributed by atoms with E-state index in [9.17, 15) is 9.59 Å². The van der Waals surface area contributed by atoms with E-state index in [2.05, 4.69) is 0 Å². The number of likely N-dealkylation sites (N-methyl/N-ethyl adjacent to an activating group) is 1. The first-order chi connectivity index (χ1) is 8.74. The normalized spacial score (nSPS) is 32.3. The average Bonchev–Trinajstić information content (AvgIpc) is 2.75. The van der Waals surface area contributed by atoms with Gasteiger partial charge in [0.25, 0.3) is 0 Å². The summed E-state index contributed by atoms with van der Waals surface area (Å²) in [7, 11) is 1.75. The van der Waals surface area contributed by atoms with E-state index < -0.39 is 9.75 Å². The average molecular weight is 325 g/mol. The first-order valence-corrected chi connectivity index (χ1v) is 8.17. The van der Waals surface area contributed by atoms with Crippen LogP contribution in [0.15, 0.2) is 0 Å². The standard InChI is InChI=1S/C12H18Cl2N2O2S/c1-4-15(3)9(17)8-5-19-7-16(8)10(18)11(2)6-12(11,13)14/h8H,4-7H2,1-3H3. The quantitative estimate of drug-likeness (QED) is 0.745. The first-order valence-electron chi connectivity index (χ1n) is 6.26. The second-order valence-electron chi connectivity index (χ2n) is 5.36. The van der Waals surface area contributed by atoms with Crippen molar-refractivity contribution < 1.29 is 9.59 Å². The second-order valence-corrected chi connectivity index (χ2v) is 7.84. The van der Waals surface area contributed by atoms with Crippen LogP contribution < -0.4 is 0 Å². The minimum atomic E-state index is -0.985. The lowest BCUT2D eigenvalue weighted by atomic mass is 10.1. The zero-order chi connectivity index (χ0) is 14.4. The molecule has 0 aromatic carbocycles. The fraction of sp³-hybridized carbons (Fsp3) is 0.833. The van der Waals surface area contributed by atoms with Crippen molar-refractivity contribution in [2.24, 2.45) is 5.41 Å². The molecule has 0 N–H and O–H groups in total. The van der Waals surface area contributed by atoms with Crippen LogP contribution in [0.2, 0.25) is 0 Å². The van der Waals surface area contributed by atoms with Crippen LogP contribution in [0, 0.1) is 5.41 Å². The summed E-state index contributed by atoms with van der Waals surface area (Å²) in [6.07, 6.45) is 0.452. The molecule has 108 valence electrons. The third kappa shape index (κ3) is 2.45. The summed E-state index contributed by atoms with van der Waals surface area (Å²) in [4.78, 5) is 28.1. The van der Waals surface area contributed by atoms with E-state index in [0.717, 1.165) is 0 Å². The summed E-state index contributed by atoms with van der Waals surface area (Å²) in [5.74, 6) is 1.06. The van der Waals surface area contributed by atoms with Gasteiger partial charge in [0.2, 0.25) is 11.8 Å². The first kappa shape index (κ1) is 15.3. The van der Waals surface area contributed by atoms with Crippen molar-refractivity contribution in [3.63, 3.8) is 0 Å². The Morgan fingerprint density at radius 2 is 2.05 bits per heavy atom. The third-order valence-corrected chi connectivity index (χ3v) is 6.12. The van der Waals surface area contributed by atoms with E-state index in [4.69, 9.17) is 23.2 Å². The molecule has 2 amide bonds. The molecule has 1 saturated carbocycles. The van der Waals surface area contributed by atoms with E-state index in [0.29, 0.717) is 24.6 Å². The SMILES string of the molecule is CCN(C)C(=O)C1CSCN1C(=O)C1(C)CC1(Cl)Cl. The van der Waals surface area contributed by atoms with Crippen molar-refractivity contribution in [1.29, 1.82) is 0 Å². The molecule has 19 heavy (non-hydrogen) atoms. The highest BCUT2D eigenvalue weighted by Gasteiger charge is 2.69. The molecule has 2 unspecified atom stereocenters. The molecule has 0 radical (unpaired) electrons. The lowest BCUT2D eigenvalue weighted by molar-refractivity contribution is -0.145. The number of alkyl halides is 2. The molecule has 1 aliphatic carbocycles. The largest absolute Gasteiger partial charge is 0.344 e. The maximum absolute atomic E-state index is 12.5. The highest BCUT2D eigenvalue weighted by Crippen LogP contribution is 2.64. The van der Waals surface area contributed by atoms with E-state index in [1.54, 1.807) is 35.5 Å². The molecular weight excluding hydrogens is 307 g/mol. The number of hydrogen-bond acceptors (Lipinski definition) is 3. The number of rotatable bonds is 3. The fourth-order valence-corrected chi connectivity index (χ4v) is 4.05. The van der Waals surface area contributed by atoms with Gasteiger partial charge in [0.1, 0.15) is 10.4 Å². The Labute approximate surface area is 127 Å². The highest BCUT2D eigenvalue weighted by molar-refractivity contribution is 7.99. The molecule has 4 nitrogen and oxygen atoms in total. The highest BCUT2D eigenvalue weighted by atomic mass is 35.5. The van der Waals surface area contributed by atoms with Crippen molar-refractivity contribution in [3.05, 3.63) is 0 Å². The number of thioether (sulfide) groups is 1. The number of hydrogen-bond donors (Lipinski definition) is 0. The Balaban J connectivity index is 2.12. The molecule has 1 heterocycles. The Morgan fingerprint density at radius 3 is 2.53 bits per heavy atom. The van der Waals surface area contributed by atoms with Crippen LogP contribution in [0.25, 0.3) is 0 Å². The molecule has 1 aliphatic heterocycles. The molecule has 2 fully saturated rings. The molecule has 7 heteroatoms. The molecular formula is C12H18Cl2N2O2S. The fourth-order valence-electron chi connectivity index (χ4n) is 2.21. The number of amides is 2. The molecule has 2 aliphatic rings. The smallest absolute Gasteiger partial charge is 0.245 e. The van der Waals surface area contributed by atoms with Crippen LogP contribution in [0.5, 0.6) is 0 Å². The lowest BCUT2D eigenvalue weighted by Crippen LogP contribution is -2.50. The molecule has 0 aromatic rings. The van der Waals surface area contributed by atoms with Crippen molar-refractivity contribution in [2.45, 2.75) is 30.6 Å². The zero-order valence-electron chi connectivity index (χ0n) is 11.3.